The molecule has 0 spiro atoms. The van der Waals surface area contributed by atoms with Crippen LogP contribution >= 0.6 is 0 Å². The van der Waals surface area contributed by atoms with Crippen LogP contribution < -0.4 is 10.1 Å². The Morgan fingerprint density at radius 1 is 1.39 bits per heavy atom. The lowest BCUT2D eigenvalue weighted by molar-refractivity contribution is 0.386. The summed E-state index contributed by atoms with van der Waals surface area (Å²) >= 11 is 0. The minimum Gasteiger partial charge on any atom is -0.494 e. The van der Waals surface area contributed by atoms with Gasteiger partial charge in [0.2, 0.25) is 0 Å². The number of aromatic nitrogens is 2. The first-order chi connectivity index (χ1) is 8.74. The highest BCUT2D eigenvalue weighted by Crippen LogP contribution is 2.19. The SMILES string of the molecule is CCNCc1ccn(-c2ccc(OC)c(F)c2)n1. The van der Waals surface area contributed by atoms with Crippen molar-refractivity contribution in [3.63, 3.8) is 0 Å². The molecule has 1 heterocycles. The molecule has 0 saturated carbocycles. The van der Waals surface area contributed by atoms with E-state index in [1.807, 2.05) is 19.2 Å². The first-order valence-electron chi connectivity index (χ1n) is 5.83. The van der Waals surface area contributed by atoms with E-state index in [0.717, 1.165) is 12.2 Å². The lowest BCUT2D eigenvalue weighted by Gasteiger charge is -2.05. The van der Waals surface area contributed by atoms with Gasteiger partial charge in [0, 0.05) is 18.8 Å². The van der Waals surface area contributed by atoms with Gasteiger partial charge in [0.05, 0.1) is 18.5 Å². The fraction of sp³-hybridized carbons (Fsp3) is 0.308. The van der Waals surface area contributed by atoms with Gasteiger partial charge in [-0.05, 0) is 24.7 Å². The van der Waals surface area contributed by atoms with Crippen molar-refractivity contribution < 1.29 is 9.13 Å². The van der Waals surface area contributed by atoms with Crippen LogP contribution in [0.2, 0.25) is 0 Å². The molecule has 0 aliphatic carbocycles. The number of benzene rings is 1. The molecule has 2 rings (SSSR count). The van der Waals surface area contributed by atoms with E-state index < -0.39 is 5.82 Å². The van der Waals surface area contributed by atoms with Crippen LogP contribution in [0.1, 0.15) is 12.6 Å². The molecule has 18 heavy (non-hydrogen) atoms. The van der Waals surface area contributed by atoms with Crippen LogP contribution in [-0.4, -0.2) is 23.4 Å². The number of rotatable bonds is 5. The molecule has 0 fully saturated rings. The molecular formula is C13H16FN3O. The summed E-state index contributed by atoms with van der Waals surface area (Å²) in [6.07, 6.45) is 1.81. The van der Waals surface area contributed by atoms with Gasteiger partial charge in [0.1, 0.15) is 0 Å². The highest BCUT2D eigenvalue weighted by atomic mass is 19.1. The normalized spacial score (nSPS) is 10.6. The van der Waals surface area contributed by atoms with Crippen LogP contribution in [0.15, 0.2) is 30.5 Å². The molecule has 1 aromatic carbocycles. The minimum absolute atomic E-state index is 0.235. The summed E-state index contributed by atoms with van der Waals surface area (Å²) in [5.74, 6) is -0.155. The van der Waals surface area contributed by atoms with Crippen LogP contribution in [0.3, 0.4) is 0 Å². The monoisotopic (exact) mass is 249 g/mol. The van der Waals surface area contributed by atoms with Gasteiger partial charge in [0.15, 0.2) is 11.6 Å². The van der Waals surface area contributed by atoms with Crippen molar-refractivity contribution in [2.24, 2.45) is 0 Å². The maximum Gasteiger partial charge on any atom is 0.167 e. The molecule has 2 aromatic rings. The molecule has 5 heteroatoms. The highest BCUT2D eigenvalue weighted by Gasteiger charge is 2.06. The first kappa shape index (κ1) is 12.6. The average molecular weight is 249 g/mol. The van der Waals surface area contributed by atoms with Gasteiger partial charge < -0.3 is 10.1 Å². The van der Waals surface area contributed by atoms with E-state index >= 15 is 0 Å². The summed E-state index contributed by atoms with van der Waals surface area (Å²) in [4.78, 5) is 0. The summed E-state index contributed by atoms with van der Waals surface area (Å²) in [7, 11) is 1.44. The van der Waals surface area contributed by atoms with Crippen molar-refractivity contribution in [2.45, 2.75) is 13.5 Å². The first-order valence-corrected chi connectivity index (χ1v) is 5.83. The topological polar surface area (TPSA) is 39.1 Å². The van der Waals surface area contributed by atoms with Crippen LogP contribution in [0.25, 0.3) is 5.69 Å². The maximum absolute atomic E-state index is 13.6. The van der Waals surface area contributed by atoms with Gasteiger partial charge in [-0.15, -0.1) is 0 Å². The molecule has 96 valence electrons. The van der Waals surface area contributed by atoms with Gasteiger partial charge >= 0.3 is 0 Å². The lowest BCUT2D eigenvalue weighted by Crippen LogP contribution is -2.12. The number of nitrogens with zero attached hydrogens (tertiary/aromatic N) is 2. The predicted molar refractivity (Wildman–Crippen MR) is 67.5 cm³/mol. The van der Waals surface area contributed by atoms with Gasteiger partial charge in [-0.2, -0.15) is 5.10 Å². The van der Waals surface area contributed by atoms with E-state index in [1.165, 1.54) is 13.2 Å². The third-order valence-corrected chi connectivity index (χ3v) is 2.60. The molecule has 0 bridgehead atoms. The van der Waals surface area contributed by atoms with Gasteiger partial charge in [-0.1, -0.05) is 6.92 Å². The second-order valence-corrected chi connectivity index (χ2v) is 3.85. The average Bonchev–Trinajstić information content (AvgIpc) is 2.85. The van der Waals surface area contributed by atoms with Crippen molar-refractivity contribution in [1.29, 1.82) is 0 Å². The molecule has 0 radical (unpaired) electrons. The zero-order valence-electron chi connectivity index (χ0n) is 10.5. The Balaban J connectivity index is 2.20. The third-order valence-electron chi connectivity index (χ3n) is 2.60. The van der Waals surface area contributed by atoms with Crippen LogP contribution in [0.4, 0.5) is 4.39 Å². The Bertz CT molecular complexity index is 525. The van der Waals surface area contributed by atoms with Crippen molar-refractivity contribution >= 4 is 0 Å². The number of methoxy groups -OCH3 is 1. The number of hydrogen-bond acceptors (Lipinski definition) is 3. The summed E-state index contributed by atoms with van der Waals surface area (Å²) in [5.41, 5.74) is 1.60. The standard InChI is InChI=1S/C13H16FN3O/c1-3-15-9-10-6-7-17(16-10)11-4-5-13(18-2)12(14)8-11/h4-8,15H,3,9H2,1-2H3. The van der Waals surface area contributed by atoms with Crippen molar-refractivity contribution in [1.82, 2.24) is 15.1 Å². The molecule has 0 saturated heterocycles. The minimum atomic E-state index is -0.390. The van der Waals surface area contributed by atoms with Crippen LogP contribution in [0.5, 0.6) is 5.75 Å². The largest absolute Gasteiger partial charge is 0.494 e. The maximum atomic E-state index is 13.6. The summed E-state index contributed by atoms with van der Waals surface area (Å²) < 4.78 is 20.1. The summed E-state index contributed by atoms with van der Waals surface area (Å²) in [6.45, 7) is 3.64. The van der Waals surface area contributed by atoms with Gasteiger partial charge in [-0.25, -0.2) is 9.07 Å². The second-order valence-electron chi connectivity index (χ2n) is 3.85. The van der Waals surface area contributed by atoms with E-state index in [1.54, 1.807) is 16.8 Å². The molecule has 0 aliphatic rings. The van der Waals surface area contributed by atoms with E-state index in [4.69, 9.17) is 4.74 Å². The smallest absolute Gasteiger partial charge is 0.167 e. The van der Waals surface area contributed by atoms with Crippen molar-refractivity contribution in [3.05, 3.63) is 42.0 Å². The quantitative estimate of drug-likeness (QED) is 0.882. The number of ether oxygens (including phenoxy) is 1. The molecule has 4 nitrogen and oxygen atoms in total. The van der Waals surface area contributed by atoms with E-state index in [0.29, 0.717) is 12.2 Å². The Labute approximate surface area is 105 Å². The summed E-state index contributed by atoms with van der Waals surface area (Å²) in [5, 5.41) is 7.55. The fourth-order valence-electron chi connectivity index (χ4n) is 1.65. The van der Waals surface area contributed by atoms with Crippen molar-refractivity contribution in [2.75, 3.05) is 13.7 Å². The Morgan fingerprint density at radius 2 is 2.22 bits per heavy atom. The molecule has 0 aliphatic heterocycles. The fourth-order valence-corrected chi connectivity index (χ4v) is 1.65. The molecule has 0 unspecified atom stereocenters. The number of nitrogens with one attached hydrogen (secondary N) is 1. The van der Waals surface area contributed by atoms with E-state index in [2.05, 4.69) is 10.4 Å². The molecule has 0 atom stereocenters. The lowest BCUT2D eigenvalue weighted by atomic mass is 10.3. The number of hydrogen-bond donors (Lipinski definition) is 1. The Hall–Kier alpha value is -1.88. The zero-order valence-corrected chi connectivity index (χ0v) is 10.5. The molecule has 0 amide bonds. The van der Waals surface area contributed by atoms with Crippen LogP contribution in [-0.2, 0) is 6.54 Å². The zero-order chi connectivity index (χ0) is 13.0. The predicted octanol–water partition coefficient (Wildman–Crippen LogP) is 2.13. The Kier molecular flexibility index (Phi) is 3.94. The second kappa shape index (κ2) is 5.64. The third kappa shape index (κ3) is 2.68. The van der Waals surface area contributed by atoms with E-state index in [-0.39, 0.29) is 5.75 Å². The highest BCUT2D eigenvalue weighted by molar-refractivity contribution is 5.38. The Morgan fingerprint density at radius 3 is 2.89 bits per heavy atom. The van der Waals surface area contributed by atoms with Gasteiger partial charge in [0.25, 0.3) is 0 Å². The molecular weight excluding hydrogens is 233 g/mol. The molecule has 1 N–H and O–H groups in total. The van der Waals surface area contributed by atoms with E-state index in [9.17, 15) is 4.39 Å². The number of halogens is 1. The summed E-state index contributed by atoms with van der Waals surface area (Å²) in [6, 6.07) is 6.68. The van der Waals surface area contributed by atoms with Gasteiger partial charge in [-0.3, -0.25) is 0 Å². The molecule has 1 aromatic heterocycles. The van der Waals surface area contributed by atoms with Crippen molar-refractivity contribution in [3.8, 4) is 11.4 Å². The van der Waals surface area contributed by atoms with Crippen LogP contribution in [0, 0.1) is 5.82 Å².